The Morgan fingerprint density at radius 2 is 2.24 bits per heavy atom. The Balaban J connectivity index is 1.52. The van der Waals surface area contributed by atoms with E-state index in [0.717, 1.165) is 35.8 Å². The highest BCUT2D eigenvalue weighted by molar-refractivity contribution is 7.81. The van der Waals surface area contributed by atoms with Crippen LogP contribution in [0.2, 0.25) is 0 Å². The van der Waals surface area contributed by atoms with Crippen LogP contribution in [-0.2, 0) is 0 Å². The molecule has 0 radical (unpaired) electrons. The summed E-state index contributed by atoms with van der Waals surface area (Å²) in [6.45, 7) is 7.33. The Morgan fingerprint density at radius 3 is 3.00 bits per heavy atom. The van der Waals surface area contributed by atoms with Gasteiger partial charge in [0.1, 0.15) is 5.69 Å². The van der Waals surface area contributed by atoms with Crippen molar-refractivity contribution in [1.29, 1.82) is 0 Å². The third kappa shape index (κ3) is 5.98. The molecule has 3 aromatic heterocycles. The first-order chi connectivity index (χ1) is 16.1. The highest BCUT2D eigenvalue weighted by Gasteiger charge is 2.26. The van der Waals surface area contributed by atoms with Crippen LogP contribution in [0.5, 0.6) is 5.88 Å². The molecular weight excluding hydrogens is 458 g/mol. The van der Waals surface area contributed by atoms with Crippen molar-refractivity contribution in [3.8, 4) is 16.5 Å². The standard InChI is InChI=1S/C22H27N7O2S2/c1-3-31-20-11-23-9-17(26-20)19-10-25-22(33-19)21(30)27-18(13-29-7-5-14(2)12-29)16-8-15(28-32)4-6-24-16/h4,6,8-11,14,18,32H,3,5,7,12-13H2,1-2H3,(H,24,28)(H,27,30). The van der Waals surface area contributed by atoms with Gasteiger partial charge >= 0.3 is 0 Å². The van der Waals surface area contributed by atoms with E-state index in [1.807, 2.05) is 19.1 Å². The van der Waals surface area contributed by atoms with Gasteiger partial charge in [0.05, 0.1) is 35.6 Å². The molecule has 0 saturated carbocycles. The fraction of sp³-hybridized carbons (Fsp3) is 0.409. The summed E-state index contributed by atoms with van der Waals surface area (Å²) in [7, 11) is 0. The van der Waals surface area contributed by atoms with Gasteiger partial charge in [0.25, 0.3) is 5.91 Å². The number of thiol groups is 1. The number of aromatic nitrogens is 4. The molecule has 1 aliphatic rings. The summed E-state index contributed by atoms with van der Waals surface area (Å²) < 4.78 is 8.26. The summed E-state index contributed by atoms with van der Waals surface area (Å²) >= 11 is 5.40. The molecule has 1 aliphatic heterocycles. The number of amides is 1. The number of hydrogen-bond acceptors (Lipinski definition) is 10. The van der Waals surface area contributed by atoms with E-state index >= 15 is 0 Å². The van der Waals surface area contributed by atoms with Gasteiger partial charge in [-0.25, -0.2) is 9.97 Å². The number of pyridine rings is 1. The van der Waals surface area contributed by atoms with E-state index in [1.165, 1.54) is 11.3 Å². The number of carbonyl (C=O) groups excluding carboxylic acids is 1. The lowest BCUT2D eigenvalue weighted by molar-refractivity contribution is 0.0925. The largest absolute Gasteiger partial charge is 0.477 e. The van der Waals surface area contributed by atoms with Crippen LogP contribution in [0.1, 0.15) is 41.8 Å². The molecule has 3 aromatic rings. The van der Waals surface area contributed by atoms with Crippen LogP contribution in [0.3, 0.4) is 0 Å². The second-order valence-corrected chi connectivity index (χ2v) is 9.22. The average Bonchev–Trinajstić information content (AvgIpc) is 3.48. The van der Waals surface area contributed by atoms with E-state index in [2.05, 4.69) is 54.6 Å². The number of likely N-dealkylation sites (tertiary alicyclic amines) is 1. The van der Waals surface area contributed by atoms with Crippen molar-refractivity contribution in [1.82, 2.24) is 30.2 Å². The summed E-state index contributed by atoms with van der Waals surface area (Å²) in [5.41, 5.74) is 2.21. The molecule has 1 amide bonds. The normalized spacial score (nSPS) is 17.0. The van der Waals surface area contributed by atoms with E-state index in [-0.39, 0.29) is 11.9 Å². The molecule has 1 fully saturated rings. The third-order valence-electron chi connectivity index (χ3n) is 5.38. The summed E-state index contributed by atoms with van der Waals surface area (Å²) in [6, 6.07) is 3.45. The quantitative estimate of drug-likeness (QED) is 0.396. The maximum absolute atomic E-state index is 13.1. The zero-order chi connectivity index (χ0) is 23.2. The smallest absolute Gasteiger partial charge is 0.280 e. The topological polar surface area (TPSA) is 105 Å². The molecule has 2 unspecified atom stereocenters. The minimum Gasteiger partial charge on any atom is -0.477 e. The van der Waals surface area contributed by atoms with E-state index in [1.54, 1.807) is 24.8 Å². The fourth-order valence-electron chi connectivity index (χ4n) is 3.77. The minimum absolute atomic E-state index is 0.247. The van der Waals surface area contributed by atoms with Gasteiger partial charge in [-0.1, -0.05) is 19.7 Å². The molecule has 11 heteroatoms. The van der Waals surface area contributed by atoms with Gasteiger partial charge in [-0.05, 0) is 37.9 Å². The maximum Gasteiger partial charge on any atom is 0.280 e. The molecular formula is C22H27N7O2S2. The highest BCUT2D eigenvalue weighted by Crippen LogP contribution is 2.27. The van der Waals surface area contributed by atoms with Crippen LogP contribution >= 0.6 is 24.2 Å². The summed E-state index contributed by atoms with van der Waals surface area (Å²) in [5.74, 6) is 0.844. The molecule has 2 N–H and O–H groups in total. The molecule has 0 aliphatic carbocycles. The minimum atomic E-state index is -0.280. The van der Waals surface area contributed by atoms with Crippen LogP contribution in [0, 0.1) is 5.92 Å². The number of anilines is 1. The Kier molecular flexibility index (Phi) is 7.73. The summed E-state index contributed by atoms with van der Waals surface area (Å²) in [4.78, 5) is 33.7. The number of ether oxygens (including phenoxy) is 1. The lowest BCUT2D eigenvalue weighted by Gasteiger charge is -2.24. The van der Waals surface area contributed by atoms with E-state index in [4.69, 9.17) is 4.74 Å². The fourth-order valence-corrected chi connectivity index (χ4v) is 4.69. The first-order valence-corrected chi connectivity index (χ1v) is 12.1. The molecule has 9 nitrogen and oxygen atoms in total. The zero-order valence-corrected chi connectivity index (χ0v) is 20.3. The monoisotopic (exact) mass is 485 g/mol. The van der Waals surface area contributed by atoms with Gasteiger partial charge in [0.2, 0.25) is 5.88 Å². The van der Waals surface area contributed by atoms with Crippen LogP contribution in [-0.4, -0.2) is 57.0 Å². The first-order valence-electron chi connectivity index (χ1n) is 10.9. The van der Waals surface area contributed by atoms with Crippen LogP contribution in [0.15, 0.2) is 36.9 Å². The highest BCUT2D eigenvalue weighted by atomic mass is 32.1. The zero-order valence-electron chi connectivity index (χ0n) is 18.6. The number of hydrogen-bond donors (Lipinski definition) is 3. The lowest BCUT2D eigenvalue weighted by Crippen LogP contribution is -2.37. The number of rotatable bonds is 9. The molecule has 0 bridgehead atoms. The number of thiazole rings is 1. The van der Waals surface area contributed by atoms with Crippen molar-refractivity contribution in [2.24, 2.45) is 5.92 Å². The van der Waals surface area contributed by atoms with Crippen molar-refractivity contribution in [2.45, 2.75) is 26.3 Å². The molecule has 4 rings (SSSR count). The molecule has 174 valence electrons. The van der Waals surface area contributed by atoms with Crippen molar-refractivity contribution >= 4 is 35.7 Å². The van der Waals surface area contributed by atoms with Crippen LogP contribution in [0.25, 0.3) is 10.6 Å². The van der Waals surface area contributed by atoms with Gasteiger partial charge in [0.15, 0.2) is 5.01 Å². The van der Waals surface area contributed by atoms with Crippen molar-refractivity contribution < 1.29 is 9.53 Å². The van der Waals surface area contributed by atoms with E-state index in [9.17, 15) is 4.79 Å². The summed E-state index contributed by atoms with van der Waals surface area (Å²) in [5, 5.41) is 3.49. The molecule has 33 heavy (non-hydrogen) atoms. The van der Waals surface area contributed by atoms with Gasteiger partial charge in [-0.3, -0.25) is 14.8 Å². The Labute approximate surface area is 202 Å². The molecule has 4 heterocycles. The van der Waals surface area contributed by atoms with Gasteiger partial charge in [0, 0.05) is 31.2 Å². The predicted octanol–water partition coefficient (Wildman–Crippen LogP) is 3.46. The predicted molar refractivity (Wildman–Crippen MR) is 132 cm³/mol. The Bertz CT molecular complexity index is 1090. The summed E-state index contributed by atoms with van der Waals surface area (Å²) in [6.07, 6.45) is 7.70. The lowest BCUT2D eigenvalue weighted by atomic mass is 10.1. The van der Waals surface area contributed by atoms with Crippen molar-refractivity contribution in [3.05, 3.63) is 47.6 Å². The van der Waals surface area contributed by atoms with Gasteiger partial charge < -0.3 is 19.7 Å². The maximum atomic E-state index is 13.1. The third-order valence-corrected chi connectivity index (χ3v) is 6.66. The Morgan fingerprint density at radius 1 is 1.36 bits per heavy atom. The SMILES string of the molecule is CCOc1cncc(-c2cnc(C(=O)NC(CN3CCC(C)C3)c3cc(NS)ccn3)s2)n1. The first kappa shape index (κ1) is 23.4. The second kappa shape index (κ2) is 10.9. The number of carbonyl (C=O) groups is 1. The van der Waals surface area contributed by atoms with Gasteiger partial charge in [-0.2, -0.15) is 0 Å². The van der Waals surface area contributed by atoms with E-state index < -0.39 is 0 Å². The van der Waals surface area contributed by atoms with Crippen molar-refractivity contribution in [2.75, 3.05) is 31.0 Å². The molecule has 2 atom stereocenters. The van der Waals surface area contributed by atoms with Crippen molar-refractivity contribution in [3.63, 3.8) is 0 Å². The van der Waals surface area contributed by atoms with Gasteiger partial charge in [-0.15, -0.1) is 11.3 Å². The van der Waals surface area contributed by atoms with Crippen LogP contribution in [0.4, 0.5) is 5.69 Å². The second-order valence-electron chi connectivity index (χ2n) is 7.97. The number of nitrogens with zero attached hydrogens (tertiary/aromatic N) is 5. The van der Waals surface area contributed by atoms with Crippen LogP contribution < -0.4 is 14.8 Å². The Hall–Kier alpha value is -2.76. The molecule has 0 spiro atoms. The average molecular weight is 486 g/mol. The number of nitrogens with one attached hydrogen (secondary N) is 2. The molecule has 0 aromatic carbocycles. The molecule has 1 saturated heterocycles. The van der Waals surface area contributed by atoms with E-state index in [0.29, 0.717) is 35.7 Å².